The molecule has 1 rings (SSSR count). The first-order valence-corrected chi connectivity index (χ1v) is 4.31. The maximum Gasteiger partial charge on any atom is 0.310 e. The van der Waals surface area contributed by atoms with Gasteiger partial charge in [0.25, 0.3) is 0 Å². The summed E-state index contributed by atoms with van der Waals surface area (Å²) in [6.07, 6.45) is 0. The molecule has 0 amide bonds. The molecule has 70 valence electrons. The number of benzene rings is 1. The van der Waals surface area contributed by atoms with Gasteiger partial charge in [-0.05, 0) is 26.3 Å². The first kappa shape index (κ1) is 9.78. The average molecular weight is 178 g/mol. The second-order valence-electron chi connectivity index (χ2n) is 3.48. The van der Waals surface area contributed by atoms with Gasteiger partial charge in [-0.2, -0.15) is 0 Å². The molecule has 0 spiro atoms. The summed E-state index contributed by atoms with van der Waals surface area (Å²) >= 11 is 0. The van der Waals surface area contributed by atoms with Crippen molar-refractivity contribution in [1.82, 2.24) is 0 Å². The monoisotopic (exact) mass is 178 g/mol. The van der Waals surface area contributed by atoms with Crippen molar-refractivity contribution in [2.75, 3.05) is 0 Å². The fourth-order valence-corrected chi connectivity index (χ4v) is 1.40. The molecule has 13 heavy (non-hydrogen) atoms. The zero-order chi connectivity index (χ0) is 10.0. The van der Waals surface area contributed by atoms with Crippen molar-refractivity contribution in [1.29, 1.82) is 0 Å². The van der Waals surface area contributed by atoms with E-state index in [9.17, 15) is 4.79 Å². The second kappa shape index (κ2) is 3.60. The van der Waals surface area contributed by atoms with Crippen LogP contribution >= 0.6 is 0 Å². The van der Waals surface area contributed by atoms with Gasteiger partial charge in [-0.3, -0.25) is 4.79 Å². The topological polar surface area (TPSA) is 37.3 Å². The lowest BCUT2D eigenvalue weighted by Crippen LogP contribution is -2.07. The lowest BCUT2D eigenvalue weighted by Gasteiger charge is -2.08. The van der Waals surface area contributed by atoms with Crippen LogP contribution in [-0.4, -0.2) is 11.1 Å². The Kier molecular flexibility index (Phi) is 2.71. The van der Waals surface area contributed by atoms with Crippen molar-refractivity contribution in [2.24, 2.45) is 0 Å². The molecule has 0 heterocycles. The van der Waals surface area contributed by atoms with Crippen LogP contribution in [0.25, 0.3) is 0 Å². The Hall–Kier alpha value is -1.31. The third-order valence-corrected chi connectivity index (χ3v) is 2.11. The van der Waals surface area contributed by atoms with E-state index in [0.29, 0.717) is 0 Å². The normalized spacial score (nSPS) is 12.5. The summed E-state index contributed by atoms with van der Waals surface area (Å²) in [6.45, 7) is 5.66. The van der Waals surface area contributed by atoms with Gasteiger partial charge in [0.05, 0.1) is 5.92 Å². The summed E-state index contributed by atoms with van der Waals surface area (Å²) in [6, 6.07) is 5.88. The van der Waals surface area contributed by atoms with Gasteiger partial charge in [-0.25, -0.2) is 0 Å². The molecule has 0 aliphatic carbocycles. The van der Waals surface area contributed by atoms with E-state index in [-0.39, 0.29) is 0 Å². The lowest BCUT2D eigenvalue weighted by atomic mass is 9.97. The van der Waals surface area contributed by atoms with Gasteiger partial charge in [0.2, 0.25) is 0 Å². The molecule has 1 aromatic rings. The van der Waals surface area contributed by atoms with Crippen molar-refractivity contribution in [2.45, 2.75) is 26.7 Å². The van der Waals surface area contributed by atoms with Crippen LogP contribution < -0.4 is 0 Å². The Morgan fingerprint density at radius 3 is 2.08 bits per heavy atom. The van der Waals surface area contributed by atoms with E-state index in [0.717, 1.165) is 16.7 Å². The minimum Gasteiger partial charge on any atom is -0.481 e. The van der Waals surface area contributed by atoms with Crippen LogP contribution in [-0.2, 0) is 4.79 Å². The molecule has 2 nitrogen and oxygen atoms in total. The quantitative estimate of drug-likeness (QED) is 0.755. The molecule has 0 fully saturated rings. The van der Waals surface area contributed by atoms with Gasteiger partial charge in [0.15, 0.2) is 0 Å². The van der Waals surface area contributed by atoms with Crippen LogP contribution in [0.15, 0.2) is 18.2 Å². The van der Waals surface area contributed by atoms with Crippen molar-refractivity contribution >= 4 is 5.97 Å². The summed E-state index contributed by atoms with van der Waals surface area (Å²) in [5, 5.41) is 8.82. The highest BCUT2D eigenvalue weighted by atomic mass is 16.4. The van der Waals surface area contributed by atoms with Crippen molar-refractivity contribution < 1.29 is 9.90 Å². The third kappa shape index (κ3) is 2.31. The number of aliphatic carboxylic acids is 1. The first-order chi connectivity index (χ1) is 6.00. The van der Waals surface area contributed by atoms with E-state index in [4.69, 9.17) is 5.11 Å². The molecule has 1 atom stereocenters. The van der Waals surface area contributed by atoms with E-state index < -0.39 is 11.9 Å². The smallest absolute Gasteiger partial charge is 0.310 e. The predicted molar refractivity (Wildman–Crippen MR) is 52.0 cm³/mol. The Bertz CT molecular complexity index is 309. The summed E-state index contributed by atoms with van der Waals surface area (Å²) in [5.41, 5.74) is 3.11. The fraction of sp³-hybridized carbons (Fsp3) is 0.364. The molecule has 0 unspecified atom stereocenters. The Balaban J connectivity index is 3.07. The summed E-state index contributed by atoms with van der Waals surface area (Å²) in [7, 11) is 0. The molecular formula is C11H14O2. The number of aryl methyl sites for hydroxylation is 2. The molecular weight excluding hydrogens is 164 g/mol. The third-order valence-electron chi connectivity index (χ3n) is 2.11. The fourth-order valence-electron chi connectivity index (χ4n) is 1.40. The van der Waals surface area contributed by atoms with Crippen molar-refractivity contribution in [3.05, 3.63) is 34.9 Å². The Labute approximate surface area is 78.2 Å². The largest absolute Gasteiger partial charge is 0.481 e. The van der Waals surface area contributed by atoms with Crippen LogP contribution in [0.5, 0.6) is 0 Å². The SMILES string of the molecule is Cc1cc(C)cc([C@H](C)C(=O)O)c1. The minimum atomic E-state index is -0.773. The van der Waals surface area contributed by atoms with Gasteiger partial charge in [-0.15, -0.1) is 0 Å². The summed E-state index contributed by atoms with van der Waals surface area (Å²) in [5.74, 6) is -1.19. The lowest BCUT2D eigenvalue weighted by molar-refractivity contribution is -0.138. The summed E-state index contributed by atoms with van der Waals surface area (Å²) in [4.78, 5) is 10.7. The van der Waals surface area contributed by atoms with E-state index >= 15 is 0 Å². The Morgan fingerprint density at radius 2 is 1.69 bits per heavy atom. The van der Waals surface area contributed by atoms with Crippen LogP contribution in [0.1, 0.15) is 29.5 Å². The second-order valence-corrected chi connectivity index (χ2v) is 3.48. The molecule has 0 saturated heterocycles. The van der Waals surface area contributed by atoms with Crippen molar-refractivity contribution in [3.63, 3.8) is 0 Å². The molecule has 1 aromatic carbocycles. The van der Waals surface area contributed by atoms with Crippen LogP contribution in [0.2, 0.25) is 0 Å². The van der Waals surface area contributed by atoms with Crippen LogP contribution in [0.4, 0.5) is 0 Å². The maximum absolute atomic E-state index is 10.7. The summed E-state index contributed by atoms with van der Waals surface area (Å²) < 4.78 is 0. The van der Waals surface area contributed by atoms with E-state index in [2.05, 4.69) is 0 Å². The zero-order valence-electron chi connectivity index (χ0n) is 8.16. The molecule has 1 N–H and O–H groups in total. The first-order valence-electron chi connectivity index (χ1n) is 4.31. The highest BCUT2D eigenvalue weighted by molar-refractivity contribution is 5.75. The number of hydrogen-bond acceptors (Lipinski definition) is 1. The minimum absolute atomic E-state index is 0.418. The van der Waals surface area contributed by atoms with E-state index in [1.165, 1.54) is 0 Å². The molecule has 0 aliphatic rings. The molecule has 0 aliphatic heterocycles. The maximum atomic E-state index is 10.7. The standard InChI is InChI=1S/C11H14O2/c1-7-4-8(2)6-10(5-7)9(3)11(12)13/h4-6,9H,1-3H3,(H,12,13)/t9-/m0/s1. The van der Waals surface area contributed by atoms with E-state index in [1.54, 1.807) is 6.92 Å². The highest BCUT2D eigenvalue weighted by Gasteiger charge is 2.13. The van der Waals surface area contributed by atoms with Crippen LogP contribution in [0.3, 0.4) is 0 Å². The van der Waals surface area contributed by atoms with Gasteiger partial charge >= 0.3 is 5.97 Å². The zero-order valence-corrected chi connectivity index (χ0v) is 8.16. The highest BCUT2D eigenvalue weighted by Crippen LogP contribution is 2.18. The number of carboxylic acid groups (broad SMARTS) is 1. The molecule has 0 aromatic heterocycles. The average Bonchev–Trinajstić information content (AvgIpc) is 2.01. The molecule has 0 bridgehead atoms. The number of rotatable bonds is 2. The van der Waals surface area contributed by atoms with Gasteiger partial charge in [0.1, 0.15) is 0 Å². The van der Waals surface area contributed by atoms with Crippen molar-refractivity contribution in [3.8, 4) is 0 Å². The number of carbonyl (C=O) groups is 1. The Morgan fingerprint density at radius 1 is 1.23 bits per heavy atom. The molecule has 2 heteroatoms. The number of carboxylic acids is 1. The number of hydrogen-bond donors (Lipinski definition) is 1. The van der Waals surface area contributed by atoms with Gasteiger partial charge < -0.3 is 5.11 Å². The molecule has 0 saturated carbocycles. The van der Waals surface area contributed by atoms with Gasteiger partial charge in [-0.1, -0.05) is 29.3 Å². The van der Waals surface area contributed by atoms with Gasteiger partial charge in [0, 0.05) is 0 Å². The van der Waals surface area contributed by atoms with E-state index in [1.807, 2.05) is 32.0 Å². The predicted octanol–water partition coefficient (Wildman–Crippen LogP) is 2.49. The molecule has 0 radical (unpaired) electrons. The van der Waals surface area contributed by atoms with Crippen LogP contribution in [0, 0.1) is 13.8 Å².